The van der Waals surface area contributed by atoms with E-state index in [1.807, 2.05) is 20.2 Å². The molecule has 1 aromatic carbocycles. The average molecular weight is 246 g/mol. The van der Waals surface area contributed by atoms with Gasteiger partial charge in [-0.25, -0.2) is 0 Å². The van der Waals surface area contributed by atoms with Crippen LogP contribution in [0.2, 0.25) is 0 Å². The van der Waals surface area contributed by atoms with Gasteiger partial charge in [0.15, 0.2) is 0 Å². The molecule has 0 atom stereocenters. The number of non-ortho nitro benzene ring substituents is 1. The van der Waals surface area contributed by atoms with Crippen LogP contribution in [0.25, 0.3) is 11.3 Å². The van der Waals surface area contributed by atoms with Crippen LogP contribution in [-0.4, -0.2) is 21.8 Å². The summed E-state index contributed by atoms with van der Waals surface area (Å²) in [5.41, 5.74) is 2.88. The molecule has 0 aliphatic rings. The number of rotatable bonds is 4. The van der Waals surface area contributed by atoms with E-state index in [2.05, 4.69) is 10.4 Å². The van der Waals surface area contributed by atoms with E-state index < -0.39 is 0 Å². The van der Waals surface area contributed by atoms with Gasteiger partial charge < -0.3 is 5.32 Å². The first-order chi connectivity index (χ1) is 8.63. The number of hydrogen-bond acceptors (Lipinski definition) is 4. The number of aromatic nitrogens is 2. The quantitative estimate of drug-likeness (QED) is 0.658. The molecule has 0 fully saturated rings. The zero-order chi connectivity index (χ0) is 13.1. The van der Waals surface area contributed by atoms with Crippen LogP contribution in [-0.2, 0) is 13.6 Å². The Morgan fingerprint density at radius 2 is 2.22 bits per heavy atom. The predicted molar refractivity (Wildman–Crippen MR) is 68.1 cm³/mol. The van der Waals surface area contributed by atoms with E-state index in [-0.39, 0.29) is 10.6 Å². The number of nitrogens with one attached hydrogen (secondary N) is 1. The topological polar surface area (TPSA) is 73.0 Å². The summed E-state index contributed by atoms with van der Waals surface area (Å²) in [5, 5.41) is 17.9. The Bertz CT molecular complexity index is 577. The maximum Gasteiger partial charge on any atom is 0.269 e. The van der Waals surface area contributed by atoms with Crippen LogP contribution in [0.1, 0.15) is 5.56 Å². The van der Waals surface area contributed by atoms with Gasteiger partial charge >= 0.3 is 0 Å². The first-order valence-corrected chi connectivity index (χ1v) is 5.53. The summed E-state index contributed by atoms with van der Waals surface area (Å²) in [6.45, 7) is 0.572. The minimum absolute atomic E-state index is 0.103. The molecule has 0 unspecified atom stereocenters. The van der Waals surface area contributed by atoms with Gasteiger partial charge in [0.05, 0.1) is 10.6 Å². The first kappa shape index (κ1) is 12.3. The molecule has 2 rings (SSSR count). The number of aryl methyl sites for hydroxylation is 1. The van der Waals surface area contributed by atoms with Crippen molar-refractivity contribution in [1.82, 2.24) is 15.1 Å². The van der Waals surface area contributed by atoms with Crippen molar-refractivity contribution >= 4 is 5.69 Å². The maximum absolute atomic E-state index is 10.8. The monoisotopic (exact) mass is 246 g/mol. The molecule has 0 radical (unpaired) electrons. The molecular weight excluding hydrogens is 232 g/mol. The van der Waals surface area contributed by atoms with Crippen molar-refractivity contribution in [2.75, 3.05) is 7.05 Å². The summed E-state index contributed by atoms with van der Waals surface area (Å²) in [6.07, 6.45) is 1.71. The molecule has 94 valence electrons. The fraction of sp³-hybridized carbons (Fsp3) is 0.250. The summed E-state index contributed by atoms with van der Waals surface area (Å²) in [5.74, 6) is 0. The maximum atomic E-state index is 10.8. The third-order valence-corrected chi connectivity index (χ3v) is 2.76. The Hall–Kier alpha value is -2.21. The van der Waals surface area contributed by atoms with Crippen molar-refractivity contribution in [2.24, 2.45) is 7.05 Å². The van der Waals surface area contributed by atoms with Crippen LogP contribution in [0.4, 0.5) is 5.69 Å². The van der Waals surface area contributed by atoms with Crippen molar-refractivity contribution in [3.8, 4) is 11.3 Å². The fourth-order valence-electron chi connectivity index (χ4n) is 1.92. The lowest BCUT2D eigenvalue weighted by molar-refractivity contribution is -0.384. The zero-order valence-electron chi connectivity index (χ0n) is 10.3. The van der Waals surface area contributed by atoms with E-state index in [0.29, 0.717) is 6.54 Å². The Labute approximate surface area is 104 Å². The molecule has 0 aliphatic carbocycles. The Kier molecular flexibility index (Phi) is 3.38. The fourth-order valence-corrected chi connectivity index (χ4v) is 1.92. The van der Waals surface area contributed by atoms with Gasteiger partial charge in [-0.15, -0.1) is 0 Å². The summed E-state index contributed by atoms with van der Waals surface area (Å²) < 4.78 is 1.75. The molecule has 0 saturated carbocycles. The second-order valence-electron chi connectivity index (χ2n) is 3.97. The highest BCUT2D eigenvalue weighted by molar-refractivity contribution is 5.66. The highest BCUT2D eigenvalue weighted by Crippen LogP contribution is 2.26. The lowest BCUT2D eigenvalue weighted by atomic mass is 10.0. The molecule has 1 aromatic heterocycles. The zero-order valence-corrected chi connectivity index (χ0v) is 10.3. The summed E-state index contributed by atoms with van der Waals surface area (Å²) >= 11 is 0. The average Bonchev–Trinajstić information content (AvgIpc) is 2.75. The van der Waals surface area contributed by atoms with Crippen molar-refractivity contribution in [1.29, 1.82) is 0 Å². The van der Waals surface area contributed by atoms with Gasteiger partial charge in [0.2, 0.25) is 0 Å². The van der Waals surface area contributed by atoms with E-state index in [9.17, 15) is 10.1 Å². The molecule has 6 heteroatoms. The lowest BCUT2D eigenvalue weighted by Crippen LogP contribution is -2.08. The summed E-state index contributed by atoms with van der Waals surface area (Å²) in [4.78, 5) is 10.4. The van der Waals surface area contributed by atoms with E-state index >= 15 is 0 Å². The van der Waals surface area contributed by atoms with Gasteiger partial charge in [0.25, 0.3) is 5.69 Å². The standard InChI is InChI=1S/C12H14N4O2/c1-13-8-9-7-10(16(17)18)3-4-11(9)12-5-6-14-15(12)2/h3-7,13H,8H2,1-2H3. The van der Waals surface area contributed by atoms with Gasteiger partial charge in [0.1, 0.15) is 0 Å². The predicted octanol–water partition coefficient (Wildman–Crippen LogP) is 1.71. The van der Waals surface area contributed by atoms with E-state index in [1.165, 1.54) is 6.07 Å². The van der Waals surface area contributed by atoms with Crippen LogP contribution in [0.15, 0.2) is 30.5 Å². The minimum atomic E-state index is -0.383. The number of benzene rings is 1. The van der Waals surface area contributed by atoms with Gasteiger partial charge in [-0.05, 0) is 24.7 Å². The van der Waals surface area contributed by atoms with Crippen LogP contribution in [0.3, 0.4) is 0 Å². The Morgan fingerprint density at radius 1 is 1.44 bits per heavy atom. The van der Waals surface area contributed by atoms with Crippen molar-refractivity contribution in [3.63, 3.8) is 0 Å². The molecule has 0 bridgehead atoms. The Balaban J connectivity index is 2.53. The second-order valence-corrected chi connectivity index (χ2v) is 3.97. The third-order valence-electron chi connectivity index (χ3n) is 2.76. The van der Waals surface area contributed by atoms with E-state index in [0.717, 1.165) is 16.8 Å². The molecule has 0 aliphatic heterocycles. The van der Waals surface area contributed by atoms with Crippen LogP contribution in [0.5, 0.6) is 0 Å². The first-order valence-electron chi connectivity index (χ1n) is 5.53. The molecule has 18 heavy (non-hydrogen) atoms. The number of nitro groups is 1. The van der Waals surface area contributed by atoms with Gasteiger partial charge in [0, 0.05) is 37.5 Å². The van der Waals surface area contributed by atoms with Crippen LogP contribution >= 0.6 is 0 Å². The molecule has 0 spiro atoms. The largest absolute Gasteiger partial charge is 0.316 e. The number of nitrogens with zero attached hydrogens (tertiary/aromatic N) is 3. The normalized spacial score (nSPS) is 10.6. The van der Waals surface area contributed by atoms with Crippen LogP contribution in [0, 0.1) is 10.1 Å². The smallest absolute Gasteiger partial charge is 0.269 e. The molecule has 1 N–H and O–H groups in total. The van der Waals surface area contributed by atoms with Gasteiger partial charge in [-0.3, -0.25) is 14.8 Å². The SMILES string of the molecule is CNCc1cc([N+](=O)[O-])ccc1-c1ccnn1C. The summed E-state index contributed by atoms with van der Waals surface area (Å²) in [7, 11) is 3.66. The molecular formula is C12H14N4O2. The molecule has 0 saturated heterocycles. The summed E-state index contributed by atoms with van der Waals surface area (Å²) in [6, 6.07) is 6.77. The highest BCUT2D eigenvalue weighted by atomic mass is 16.6. The van der Waals surface area contributed by atoms with Crippen molar-refractivity contribution in [2.45, 2.75) is 6.54 Å². The second kappa shape index (κ2) is 4.97. The van der Waals surface area contributed by atoms with Crippen LogP contribution < -0.4 is 5.32 Å². The third kappa shape index (κ3) is 2.23. The molecule has 2 aromatic rings. The minimum Gasteiger partial charge on any atom is -0.316 e. The number of nitro benzene ring substituents is 1. The van der Waals surface area contributed by atoms with Gasteiger partial charge in [-0.2, -0.15) is 5.10 Å². The molecule has 1 heterocycles. The van der Waals surface area contributed by atoms with Crippen molar-refractivity contribution < 1.29 is 4.92 Å². The van der Waals surface area contributed by atoms with E-state index in [4.69, 9.17) is 0 Å². The highest BCUT2D eigenvalue weighted by Gasteiger charge is 2.13. The van der Waals surface area contributed by atoms with Gasteiger partial charge in [-0.1, -0.05) is 0 Å². The lowest BCUT2D eigenvalue weighted by Gasteiger charge is -2.09. The number of hydrogen-bond donors (Lipinski definition) is 1. The van der Waals surface area contributed by atoms with Crippen molar-refractivity contribution in [3.05, 3.63) is 46.1 Å². The van der Waals surface area contributed by atoms with E-state index in [1.54, 1.807) is 23.0 Å². The molecule has 0 amide bonds. The molecule has 6 nitrogen and oxygen atoms in total. The Morgan fingerprint density at radius 3 is 2.78 bits per heavy atom.